The molecule has 0 unspecified atom stereocenters. The number of hydrogen-bond donors (Lipinski definition) is 1. The molecule has 2 aliphatic rings. The van der Waals surface area contributed by atoms with Gasteiger partial charge in [0.05, 0.1) is 10.6 Å². The Morgan fingerprint density at radius 2 is 1.76 bits per heavy atom. The molecule has 0 radical (unpaired) electrons. The van der Waals surface area contributed by atoms with E-state index in [2.05, 4.69) is 15.7 Å². The van der Waals surface area contributed by atoms with Crippen molar-refractivity contribution in [2.75, 3.05) is 16.8 Å². The van der Waals surface area contributed by atoms with Gasteiger partial charge in [-0.15, -0.1) is 0 Å². The fraction of sp³-hybridized carbons (Fsp3) is 0.167. The first kappa shape index (κ1) is 18.2. The van der Waals surface area contributed by atoms with Crippen molar-refractivity contribution in [2.45, 2.75) is 12.1 Å². The van der Waals surface area contributed by atoms with Crippen LogP contribution in [0.15, 0.2) is 64.9 Å². The average molecular weight is 394 g/mol. The molecule has 1 fully saturated rings. The van der Waals surface area contributed by atoms with Crippen LogP contribution in [0.3, 0.4) is 0 Å². The summed E-state index contributed by atoms with van der Waals surface area (Å²) in [6.07, 6.45) is 0. The first-order valence-electron chi connectivity index (χ1n) is 8.60. The van der Waals surface area contributed by atoms with Crippen molar-refractivity contribution in [3.63, 3.8) is 0 Å². The van der Waals surface area contributed by atoms with Crippen LogP contribution in [0, 0.1) is 10.1 Å². The number of nitrogens with zero attached hydrogens (tertiary/aromatic N) is 5. The molecule has 2 aromatic rings. The number of benzene rings is 2. The lowest BCUT2D eigenvalue weighted by Crippen LogP contribution is -2.43. The van der Waals surface area contributed by atoms with Crippen LogP contribution in [0.25, 0.3) is 0 Å². The van der Waals surface area contributed by atoms with Crippen LogP contribution in [-0.4, -0.2) is 46.3 Å². The third-order valence-corrected chi connectivity index (χ3v) is 4.54. The minimum atomic E-state index is -1.05. The zero-order valence-corrected chi connectivity index (χ0v) is 14.8. The number of nitro benzene ring substituents is 1. The number of non-ortho nitro benzene ring substituents is 1. The maximum absolute atomic E-state index is 12.8. The van der Waals surface area contributed by atoms with Gasteiger partial charge in [-0.2, -0.15) is 5.11 Å². The van der Waals surface area contributed by atoms with E-state index in [-0.39, 0.29) is 17.9 Å². The lowest BCUT2D eigenvalue weighted by Gasteiger charge is -2.20. The third-order valence-electron chi connectivity index (χ3n) is 4.54. The number of amides is 3. The molecular formula is C18H14N6O5. The monoisotopic (exact) mass is 394 g/mol. The summed E-state index contributed by atoms with van der Waals surface area (Å²) in [5, 5.41) is 22.3. The van der Waals surface area contributed by atoms with Crippen LogP contribution < -0.4 is 10.2 Å². The summed E-state index contributed by atoms with van der Waals surface area (Å²) in [5.74, 6) is -1.60. The quantitative estimate of drug-likeness (QED) is 0.464. The number of rotatable bonds is 5. The van der Waals surface area contributed by atoms with Crippen LogP contribution in [-0.2, 0) is 14.4 Å². The number of nitro groups is 1. The average Bonchev–Trinajstić information content (AvgIpc) is 3.22. The minimum Gasteiger partial charge on any atom is -0.324 e. The Kier molecular flexibility index (Phi) is 4.47. The minimum absolute atomic E-state index is 0.160. The third kappa shape index (κ3) is 3.29. The molecule has 11 heteroatoms. The molecule has 0 aliphatic carbocycles. The molecule has 2 aromatic carbocycles. The SMILES string of the molecule is O=C(CN1N=N[C@H]2C(=O)N(c3ccc([N+](=O)[O-])cc3)C(=O)[C@H]21)Nc1ccccc1. The van der Waals surface area contributed by atoms with Gasteiger partial charge in [0, 0.05) is 17.8 Å². The molecule has 0 aromatic heterocycles. The zero-order valence-electron chi connectivity index (χ0n) is 14.8. The van der Waals surface area contributed by atoms with Gasteiger partial charge in [0.1, 0.15) is 6.54 Å². The summed E-state index contributed by atoms with van der Waals surface area (Å²) >= 11 is 0. The molecule has 0 saturated carbocycles. The highest BCUT2D eigenvalue weighted by Crippen LogP contribution is 2.32. The molecule has 1 N–H and O–H groups in total. The first-order chi connectivity index (χ1) is 14.0. The van der Waals surface area contributed by atoms with Gasteiger partial charge < -0.3 is 5.32 Å². The fourth-order valence-electron chi connectivity index (χ4n) is 3.20. The smallest absolute Gasteiger partial charge is 0.269 e. The van der Waals surface area contributed by atoms with Crippen LogP contribution in [0.4, 0.5) is 17.1 Å². The largest absolute Gasteiger partial charge is 0.324 e. The molecule has 146 valence electrons. The second-order valence-electron chi connectivity index (χ2n) is 6.39. The Labute approximate surface area is 163 Å². The van der Waals surface area contributed by atoms with Gasteiger partial charge in [0.25, 0.3) is 17.5 Å². The molecule has 0 bridgehead atoms. The second kappa shape index (κ2) is 7.11. The Hall–Kier alpha value is -4.15. The maximum Gasteiger partial charge on any atom is 0.269 e. The summed E-state index contributed by atoms with van der Waals surface area (Å²) in [7, 11) is 0. The highest BCUT2D eigenvalue weighted by molar-refractivity contribution is 6.25. The van der Waals surface area contributed by atoms with Gasteiger partial charge in [-0.05, 0) is 24.3 Å². The Bertz CT molecular complexity index is 1020. The Morgan fingerprint density at radius 1 is 1.07 bits per heavy atom. The van der Waals surface area contributed by atoms with E-state index in [0.29, 0.717) is 5.69 Å². The number of carbonyl (C=O) groups excluding carboxylic acids is 3. The molecule has 2 atom stereocenters. The number of para-hydroxylation sites is 1. The van der Waals surface area contributed by atoms with Crippen molar-refractivity contribution in [1.82, 2.24) is 5.01 Å². The van der Waals surface area contributed by atoms with Crippen molar-refractivity contribution in [1.29, 1.82) is 0 Å². The summed E-state index contributed by atoms with van der Waals surface area (Å²) in [5.41, 5.74) is 0.627. The lowest BCUT2D eigenvalue weighted by atomic mass is 10.1. The normalized spacial score (nSPS) is 20.1. The van der Waals surface area contributed by atoms with Crippen molar-refractivity contribution in [2.24, 2.45) is 10.3 Å². The van der Waals surface area contributed by atoms with E-state index in [1.807, 2.05) is 6.07 Å². The van der Waals surface area contributed by atoms with Gasteiger partial charge in [-0.25, -0.2) is 4.90 Å². The highest BCUT2D eigenvalue weighted by Gasteiger charge is 2.55. The van der Waals surface area contributed by atoms with Crippen LogP contribution >= 0.6 is 0 Å². The molecule has 29 heavy (non-hydrogen) atoms. The molecule has 2 heterocycles. The molecule has 4 rings (SSSR count). The molecule has 0 spiro atoms. The van der Waals surface area contributed by atoms with Gasteiger partial charge in [-0.3, -0.25) is 29.5 Å². The molecule has 2 aliphatic heterocycles. The van der Waals surface area contributed by atoms with E-state index in [4.69, 9.17) is 0 Å². The zero-order chi connectivity index (χ0) is 20.5. The van der Waals surface area contributed by atoms with E-state index in [1.54, 1.807) is 24.3 Å². The highest BCUT2D eigenvalue weighted by atomic mass is 16.6. The van der Waals surface area contributed by atoms with Crippen molar-refractivity contribution in [3.8, 4) is 0 Å². The maximum atomic E-state index is 12.8. The van der Waals surface area contributed by atoms with Crippen molar-refractivity contribution in [3.05, 3.63) is 64.7 Å². The summed E-state index contributed by atoms with van der Waals surface area (Å²) in [6, 6.07) is 11.7. The summed E-state index contributed by atoms with van der Waals surface area (Å²) < 4.78 is 0. The van der Waals surface area contributed by atoms with E-state index >= 15 is 0 Å². The molecular weight excluding hydrogens is 380 g/mol. The van der Waals surface area contributed by atoms with Crippen LogP contribution in [0.1, 0.15) is 0 Å². The molecule has 3 amide bonds. The topological polar surface area (TPSA) is 138 Å². The first-order valence-corrected chi connectivity index (χ1v) is 8.60. The number of carbonyl (C=O) groups is 3. The molecule has 1 saturated heterocycles. The van der Waals surface area contributed by atoms with E-state index in [9.17, 15) is 24.5 Å². The number of hydrogen-bond acceptors (Lipinski definition) is 8. The van der Waals surface area contributed by atoms with Crippen molar-refractivity contribution < 1.29 is 19.3 Å². The Balaban J connectivity index is 1.49. The van der Waals surface area contributed by atoms with Crippen molar-refractivity contribution >= 4 is 34.8 Å². The summed E-state index contributed by atoms with van der Waals surface area (Å²) in [4.78, 5) is 48.9. The fourth-order valence-corrected chi connectivity index (χ4v) is 3.20. The van der Waals surface area contributed by atoms with Gasteiger partial charge in [0.15, 0.2) is 12.1 Å². The van der Waals surface area contributed by atoms with Gasteiger partial charge >= 0.3 is 0 Å². The van der Waals surface area contributed by atoms with Crippen LogP contribution in [0.2, 0.25) is 0 Å². The second-order valence-corrected chi connectivity index (χ2v) is 6.39. The number of anilines is 2. The van der Waals surface area contributed by atoms with Gasteiger partial charge in [0.2, 0.25) is 5.91 Å². The van der Waals surface area contributed by atoms with E-state index < -0.39 is 34.7 Å². The summed E-state index contributed by atoms with van der Waals surface area (Å²) in [6.45, 7) is -0.257. The molecule has 11 nitrogen and oxygen atoms in total. The van der Waals surface area contributed by atoms with E-state index in [1.165, 1.54) is 29.3 Å². The van der Waals surface area contributed by atoms with Crippen LogP contribution in [0.5, 0.6) is 0 Å². The Morgan fingerprint density at radius 3 is 2.41 bits per heavy atom. The predicted molar refractivity (Wildman–Crippen MR) is 99.8 cm³/mol. The van der Waals surface area contributed by atoms with Gasteiger partial charge in [-0.1, -0.05) is 23.4 Å². The predicted octanol–water partition coefficient (Wildman–Crippen LogP) is 1.53. The standard InChI is InChI=1S/C18H14N6O5/c25-14(19-11-4-2-1-3-5-11)10-22-16-15(20-21-22)17(26)23(18(16)27)12-6-8-13(9-7-12)24(28)29/h1-9,15-16H,10H2,(H,19,25)/t15-,16+/m1/s1. The van der Waals surface area contributed by atoms with E-state index in [0.717, 1.165) is 4.90 Å². The number of fused-ring (bicyclic) bond motifs is 1. The lowest BCUT2D eigenvalue weighted by molar-refractivity contribution is -0.384. The number of imide groups is 1. The number of nitrogens with one attached hydrogen (secondary N) is 1.